The van der Waals surface area contributed by atoms with E-state index in [1.165, 1.54) is 0 Å². The Kier molecular flexibility index (Phi) is 5.18. The van der Waals surface area contributed by atoms with Crippen LogP contribution in [0, 0.1) is 0 Å². The average molecular weight is 389 g/mol. The van der Waals surface area contributed by atoms with Crippen LogP contribution in [0.4, 0.5) is 0 Å². The summed E-state index contributed by atoms with van der Waals surface area (Å²) in [5.74, 6) is 1.47. The maximum Gasteiger partial charge on any atom is 0.261 e. The van der Waals surface area contributed by atoms with Crippen LogP contribution in [0.2, 0.25) is 0 Å². The molecule has 4 nitrogen and oxygen atoms in total. The Bertz CT molecular complexity index is 1020. The molecule has 0 radical (unpaired) electrons. The Hall–Kier alpha value is -3.01. The van der Waals surface area contributed by atoms with Gasteiger partial charge in [0.25, 0.3) is 5.91 Å². The first kappa shape index (κ1) is 19.3. The molecule has 0 aromatic heterocycles. The minimum Gasteiger partial charge on any atom is -0.487 e. The molecule has 0 fully saturated rings. The topological polar surface area (TPSA) is 47.6 Å². The van der Waals surface area contributed by atoms with Crippen LogP contribution in [0.1, 0.15) is 45.2 Å². The molecule has 1 heterocycles. The molecule has 0 unspecified atom stereocenters. The molecule has 150 valence electrons. The molecule has 1 amide bonds. The summed E-state index contributed by atoms with van der Waals surface area (Å²) < 4.78 is 12.3. The molecule has 29 heavy (non-hydrogen) atoms. The molecule has 0 saturated carbocycles. The second-order valence-electron chi connectivity index (χ2n) is 8.16. The fourth-order valence-corrected chi connectivity index (χ4v) is 3.97. The molecular formula is C25H27NO3. The molecule has 1 N–H and O–H groups in total. The van der Waals surface area contributed by atoms with Crippen LogP contribution in [-0.2, 0) is 4.79 Å². The van der Waals surface area contributed by atoms with E-state index < -0.39 is 6.10 Å². The summed E-state index contributed by atoms with van der Waals surface area (Å²) in [5.41, 5.74) is 0.671. The van der Waals surface area contributed by atoms with Gasteiger partial charge in [-0.15, -0.1) is 0 Å². The predicted octanol–water partition coefficient (Wildman–Crippen LogP) is 5.42. The number of hydrogen-bond donors (Lipinski definition) is 1. The van der Waals surface area contributed by atoms with E-state index in [-0.39, 0.29) is 17.6 Å². The van der Waals surface area contributed by atoms with Gasteiger partial charge in [0.15, 0.2) is 6.10 Å². The lowest BCUT2D eigenvalue weighted by Crippen LogP contribution is -2.45. The largest absolute Gasteiger partial charge is 0.487 e. The lowest BCUT2D eigenvalue weighted by atomic mass is 9.89. The molecule has 4 heteroatoms. The van der Waals surface area contributed by atoms with Gasteiger partial charge in [0.2, 0.25) is 0 Å². The van der Waals surface area contributed by atoms with Crippen molar-refractivity contribution in [2.75, 3.05) is 0 Å². The van der Waals surface area contributed by atoms with E-state index >= 15 is 0 Å². The van der Waals surface area contributed by atoms with Crippen LogP contribution >= 0.6 is 0 Å². The Labute approximate surface area is 171 Å². The van der Waals surface area contributed by atoms with Crippen molar-refractivity contribution in [3.63, 3.8) is 0 Å². The van der Waals surface area contributed by atoms with E-state index in [0.717, 1.165) is 27.8 Å². The molecule has 2 atom stereocenters. The first-order valence-electron chi connectivity index (χ1n) is 10.2. The van der Waals surface area contributed by atoms with Crippen LogP contribution in [0.25, 0.3) is 10.8 Å². The number of para-hydroxylation sites is 1. The number of carbonyl (C=O) groups excluding carboxylic acids is 1. The summed E-state index contributed by atoms with van der Waals surface area (Å²) in [4.78, 5) is 13.1. The molecular weight excluding hydrogens is 362 g/mol. The maximum absolute atomic E-state index is 13.1. The molecule has 1 aliphatic heterocycles. The molecule has 0 bridgehead atoms. The van der Waals surface area contributed by atoms with Crippen LogP contribution in [-0.4, -0.2) is 17.6 Å². The molecule has 0 aliphatic carbocycles. The number of nitrogens with one attached hydrogen (secondary N) is 1. The van der Waals surface area contributed by atoms with Gasteiger partial charge in [0, 0.05) is 17.4 Å². The number of amides is 1. The number of carbonyl (C=O) groups is 1. The van der Waals surface area contributed by atoms with Crippen molar-refractivity contribution in [1.82, 2.24) is 5.32 Å². The van der Waals surface area contributed by atoms with Gasteiger partial charge in [-0.2, -0.15) is 0 Å². The van der Waals surface area contributed by atoms with Gasteiger partial charge < -0.3 is 14.8 Å². The van der Waals surface area contributed by atoms with Crippen LogP contribution in [0.3, 0.4) is 0 Å². The molecule has 1 aliphatic rings. The summed E-state index contributed by atoms with van der Waals surface area (Å²) in [6, 6.07) is 21.8. The second-order valence-corrected chi connectivity index (χ2v) is 8.16. The fourth-order valence-electron chi connectivity index (χ4n) is 3.97. The smallest absolute Gasteiger partial charge is 0.261 e. The maximum atomic E-state index is 13.1. The van der Waals surface area contributed by atoms with Crippen LogP contribution < -0.4 is 14.8 Å². The standard InChI is InChI=1S/C25H27NO3/c1-4-21(28-22-15-9-11-17-10-5-6-12-18(17)22)24(27)26-20-16-25(2,3)29-23-14-8-7-13-19(20)23/h5-15,20-21H,4,16H2,1-3H3,(H,26,27)/t20-,21-/m0/s1. The highest BCUT2D eigenvalue weighted by Crippen LogP contribution is 2.39. The van der Waals surface area contributed by atoms with Crippen molar-refractivity contribution in [2.24, 2.45) is 0 Å². The normalized spacial score (nSPS) is 18.4. The highest BCUT2D eigenvalue weighted by Gasteiger charge is 2.35. The monoisotopic (exact) mass is 389 g/mol. The number of benzene rings is 3. The minimum absolute atomic E-state index is 0.0991. The van der Waals surface area contributed by atoms with Crippen molar-refractivity contribution in [3.05, 3.63) is 72.3 Å². The lowest BCUT2D eigenvalue weighted by Gasteiger charge is -2.38. The summed E-state index contributed by atoms with van der Waals surface area (Å²) in [6.07, 6.45) is 0.739. The van der Waals surface area contributed by atoms with Crippen molar-refractivity contribution in [2.45, 2.75) is 51.4 Å². The summed E-state index contributed by atoms with van der Waals surface area (Å²) >= 11 is 0. The fraction of sp³-hybridized carbons (Fsp3) is 0.320. The van der Waals surface area contributed by atoms with Crippen molar-refractivity contribution in [1.29, 1.82) is 0 Å². The Morgan fingerprint density at radius 3 is 2.66 bits per heavy atom. The van der Waals surface area contributed by atoms with E-state index in [0.29, 0.717) is 12.8 Å². The minimum atomic E-state index is -0.557. The van der Waals surface area contributed by atoms with Gasteiger partial charge in [-0.1, -0.05) is 61.5 Å². The summed E-state index contributed by atoms with van der Waals surface area (Å²) in [5, 5.41) is 5.32. The summed E-state index contributed by atoms with van der Waals surface area (Å²) in [7, 11) is 0. The lowest BCUT2D eigenvalue weighted by molar-refractivity contribution is -0.129. The zero-order chi connectivity index (χ0) is 20.4. The summed E-state index contributed by atoms with van der Waals surface area (Å²) in [6.45, 7) is 6.06. The molecule has 0 saturated heterocycles. The Balaban J connectivity index is 1.55. The van der Waals surface area contributed by atoms with Crippen molar-refractivity contribution < 1.29 is 14.3 Å². The zero-order valence-corrected chi connectivity index (χ0v) is 17.1. The first-order valence-corrected chi connectivity index (χ1v) is 10.2. The highest BCUT2D eigenvalue weighted by molar-refractivity contribution is 5.89. The molecule has 3 aromatic rings. The van der Waals surface area contributed by atoms with Crippen molar-refractivity contribution in [3.8, 4) is 11.5 Å². The zero-order valence-electron chi connectivity index (χ0n) is 17.1. The van der Waals surface area contributed by atoms with Crippen LogP contribution in [0.15, 0.2) is 66.7 Å². The predicted molar refractivity (Wildman–Crippen MR) is 115 cm³/mol. The van der Waals surface area contributed by atoms with E-state index in [4.69, 9.17) is 9.47 Å². The average Bonchev–Trinajstić information content (AvgIpc) is 2.71. The van der Waals surface area contributed by atoms with Crippen molar-refractivity contribution >= 4 is 16.7 Å². The van der Waals surface area contributed by atoms with E-state index in [2.05, 4.69) is 5.32 Å². The SMILES string of the molecule is CC[C@H](Oc1cccc2ccccc12)C(=O)N[C@H]1CC(C)(C)Oc2ccccc21. The van der Waals surface area contributed by atoms with E-state index in [1.54, 1.807) is 0 Å². The van der Waals surface area contributed by atoms with Gasteiger partial charge in [0.1, 0.15) is 17.1 Å². The molecule has 0 spiro atoms. The van der Waals surface area contributed by atoms with Gasteiger partial charge in [0.05, 0.1) is 6.04 Å². The Morgan fingerprint density at radius 1 is 1.10 bits per heavy atom. The number of ether oxygens (including phenoxy) is 2. The number of fused-ring (bicyclic) bond motifs is 2. The highest BCUT2D eigenvalue weighted by atomic mass is 16.5. The molecule has 3 aromatic carbocycles. The number of rotatable bonds is 5. The van der Waals surface area contributed by atoms with E-state index in [9.17, 15) is 4.79 Å². The third-order valence-electron chi connectivity index (χ3n) is 5.37. The van der Waals surface area contributed by atoms with Gasteiger partial charge >= 0.3 is 0 Å². The third kappa shape index (κ3) is 4.07. The third-order valence-corrected chi connectivity index (χ3v) is 5.37. The van der Waals surface area contributed by atoms with Gasteiger partial charge in [-0.3, -0.25) is 4.79 Å². The first-order chi connectivity index (χ1) is 14.0. The second kappa shape index (κ2) is 7.78. The molecule has 4 rings (SSSR count). The van der Waals surface area contributed by atoms with Gasteiger partial charge in [-0.25, -0.2) is 0 Å². The van der Waals surface area contributed by atoms with Crippen LogP contribution in [0.5, 0.6) is 11.5 Å². The Morgan fingerprint density at radius 2 is 1.83 bits per heavy atom. The quantitative estimate of drug-likeness (QED) is 0.634. The van der Waals surface area contributed by atoms with Gasteiger partial charge in [-0.05, 0) is 37.8 Å². The van der Waals surface area contributed by atoms with E-state index in [1.807, 2.05) is 87.5 Å². The number of hydrogen-bond acceptors (Lipinski definition) is 3.